The average Bonchev–Trinajstić information content (AvgIpc) is 3.08. The van der Waals surface area contributed by atoms with Crippen molar-refractivity contribution in [1.82, 2.24) is 19.4 Å². The Morgan fingerprint density at radius 2 is 2.13 bits per heavy atom. The summed E-state index contributed by atoms with van der Waals surface area (Å²) in [7, 11) is 0. The summed E-state index contributed by atoms with van der Waals surface area (Å²) in [5.41, 5.74) is 0.465. The van der Waals surface area contributed by atoms with Gasteiger partial charge in [-0.2, -0.15) is 0 Å². The number of imidazole rings is 1. The van der Waals surface area contributed by atoms with E-state index in [0.717, 1.165) is 0 Å². The number of carboxylic acids is 1. The third kappa shape index (κ3) is 3.23. The minimum Gasteiger partial charge on any atom is -0.481 e. The van der Waals surface area contributed by atoms with E-state index in [1.165, 1.54) is 6.20 Å². The number of amides is 1. The second-order valence-corrected chi connectivity index (χ2v) is 5.96. The summed E-state index contributed by atoms with van der Waals surface area (Å²) in [6.07, 6.45) is 7.19. The number of rotatable bonds is 3. The number of pyridine rings is 1. The second-order valence-electron chi connectivity index (χ2n) is 5.96. The molecule has 2 unspecified atom stereocenters. The van der Waals surface area contributed by atoms with Crippen LogP contribution in [0.3, 0.4) is 0 Å². The van der Waals surface area contributed by atoms with Crippen LogP contribution in [0.5, 0.6) is 0 Å². The fourth-order valence-corrected chi connectivity index (χ4v) is 2.94. The summed E-state index contributed by atoms with van der Waals surface area (Å²) in [6.45, 7) is 2.80. The van der Waals surface area contributed by atoms with E-state index in [1.807, 2.05) is 6.92 Å². The smallest absolute Gasteiger partial charge is 0.308 e. The van der Waals surface area contributed by atoms with E-state index >= 15 is 0 Å². The van der Waals surface area contributed by atoms with E-state index in [-0.39, 0.29) is 18.4 Å². The van der Waals surface area contributed by atoms with Gasteiger partial charge >= 0.3 is 5.97 Å². The Bertz CT molecular complexity index is 697. The van der Waals surface area contributed by atoms with Crippen LogP contribution < -0.4 is 0 Å². The zero-order valence-electron chi connectivity index (χ0n) is 12.8. The predicted octanol–water partition coefficient (Wildman–Crippen LogP) is 1.45. The van der Waals surface area contributed by atoms with Gasteiger partial charge in [0.15, 0.2) is 0 Å². The van der Waals surface area contributed by atoms with E-state index in [1.54, 1.807) is 40.3 Å². The monoisotopic (exact) mass is 314 g/mol. The van der Waals surface area contributed by atoms with Crippen molar-refractivity contribution >= 4 is 11.9 Å². The minimum absolute atomic E-state index is 0.173. The van der Waals surface area contributed by atoms with Crippen molar-refractivity contribution in [2.24, 2.45) is 11.8 Å². The van der Waals surface area contributed by atoms with Gasteiger partial charge in [0.25, 0.3) is 5.91 Å². The molecule has 7 heteroatoms. The van der Waals surface area contributed by atoms with Crippen LogP contribution in [-0.4, -0.2) is 49.5 Å². The van der Waals surface area contributed by atoms with Crippen LogP contribution in [0.1, 0.15) is 23.7 Å². The van der Waals surface area contributed by atoms with Gasteiger partial charge < -0.3 is 10.0 Å². The fourth-order valence-electron chi connectivity index (χ4n) is 2.94. The number of carboxylic acid groups (broad SMARTS) is 1. The molecular formula is C16H18N4O3. The van der Waals surface area contributed by atoms with Crippen LogP contribution in [0.4, 0.5) is 0 Å². The SMILES string of the molecule is CC1CC(C(=O)O)CN(C(=O)c2ccc(-n3ccnc3)nc2)C1. The van der Waals surface area contributed by atoms with Crippen molar-refractivity contribution < 1.29 is 14.7 Å². The van der Waals surface area contributed by atoms with Crippen molar-refractivity contribution in [2.75, 3.05) is 13.1 Å². The molecule has 1 amide bonds. The Kier molecular flexibility index (Phi) is 4.10. The molecule has 2 aromatic heterocycles. The summed E-state index contributed by atoms with van der Waals surface area (Å²) in [5, 5.41) is 9.21. The maximum absolute atomic E-state index is 12.6. The van der Waals surface area contributed by atoms with Gasteiger partial charge in [0, 0.05) is 31.7 Å². The number of hydrogen-bond acceptors (Lipinski definition) is 4. The normalized spacial score (nSPS) is 21.2. The van der Waals surface area contributed by atoms with Crippen LogP contribution in [-0.2, 0) is 4.79 Å². The number of carbonyl (C=O) groups is 2. The first kappa shape index (κ1) is 15.2. The lowest BCUT2D eigenvalue weighted by molar-refractivity contribution is -0.143. The molecule has 1 aliphatic rings. The molecular weight excluding hydrogens is 296 g/mol. The number of carbonyl (C=O) groups excluding carboxylic acids is 1. The predicted molar refractivity (Wildman–Crippen MR) is 82.2 cm³/mol. The van der Waals surface area contributed by atoms with Gasteiger partial charge in [0.2, 0.25) is 0 Å². The Balaban J connectivity index is 1.76. The molecule has 2 atom stereocenters. The lowest BCUT2D eigenvalue weighted by atomic mass is 9.90. The molecule has 3 rings (SSSR count). The van der Waals surface area contributed by atoms with E-state index in [9.17, 15) is 14.7 Å². The lowest BCUT2D eigenvalue weighted by Gasteiger charge is -2.34. The van der Waals surface area contributed by atoms with E-state index in [2.05, 4.69) is 9.97 Å². The summed E-state index contributed by atoms with van der Waals surface area (Å²) < 4.78 is 1.75. The van der Waals surface area contributed by atoms with Gasteiger partial charge in [-0.3, -0.25) is 14.2 Å². The van der Waals surface area contributed by atoms with Crippen LogP contribution in [0.2, 0.25) is 0 Å². The van der Waals surface area contributed by atoms with Crippen molar-refractivity contribution in [3.05, 3.63) is 42.6 Å². The maximum atomic E-state index is 12.6. The number of piperidine rings is 1. The molecule has 3 heterocycles. The number of likely N-dealkylation sites (tertiary alicyclic amines) is 1. The maximum Gasteiger partial charge on any atom is 0.308 e. The Morgan fingerprint density at radius 1 is 1.30 bits per heavy atom. The summed E-state index contributed by atoms with van der Waals surface area (Å²) in [6, 6.07) is 3.46. The highest BCUT2D eigenvalue weighted by Gasteiger charge is 2.32. The van der Waals surface area contributed by atoms with Gasteiger partial charge in [0.1, 0.15) is 12.1 Å². The molecule has 1 fully saturated rings. The third-order valence-corrected chi connectivity index (χ3v) is 4.06. The van der Waals surface area contributed by atoms with Gasteiger partial charge in [-0.05, 0) is 24.5 Å². The van der Waals surface area contributed by atoms with Crippen molar-refractivity contribution in [3.63, 3.8) is 0 Å². The summed E-state index contributed by atoms with van der Waals surface area (Å²) >= 11 is 0. The van der Waals surface area contributed by atoms with Crippen LogP contribution in [0, 0.1) is 11.8 Å². The fraction of sp³-hybridized carbons (Fsp3) is 0.375. The van der Waals surface area contributed by atoms with Crippen LogP contribution in [0.25, 0.3) is 5.82 Å². The summed E-state index contributed by atoms with van der Waals surface area (Å²) in [4.78, 5) is 33.6. The Hall–Kier alpha value is -2.70. The zero-order valence-corrected chi connectivity index (χ0v) is 12.8. The molecule has 120 valence electrons. The first-order valence-corrected chi connectivity index (χ1v) is 7.51. The molecule has 0 radical (unpaired) electrons. The number of aromatic nitrogens is 3. The molecule has 2 aromatic rings. The van der Waals surface area contributed by atoms with Gasteiger partial charge in [-0.25, -0.2) is 9.97 Å². The third-order valence-electron chi connectivity index (χ3n) is 4.06. The standard InChI is InChI=1S/C16H18N4O3/c1-11-6-13(16(22)23)9-20(8-11)15(21)12-2-3-14(18-7-12)19-5-4-17-10-19/h2-5,7,10-11,13H,6,8-9H2,1H3,(H,22,23). The Labute approximate surface area is 133 Å². The minimum atomic E-state index is -0.845. The number of nitrogens with zero attached hydrogens (tertiary/aromatic N) is 4. The first-order chi connectivity index (χ1) is 11.0. The van der Waals surface area contributed by atoms with E-state index in [0.29, 0.717) is 24.3 Å². The summed E-state index contributed by atoms with van der Waals surface area (Å²) in [5.74, 6) is -0.669. The highest BCUT2D eigenvalue weighted by Crippen LogP contribution is 2.23. The first-order valence-electron chi connectivity index (χ1n) is 7.51. The van der Waals surface area contributed by atoms with E-state index < -0.39 is 11.9 Å². The highest BCUT2D eigenvalue weighted by molar-refractivity contribution is 5.94. The van der Waals surface area contributed by atoms with Crippen molar-refractivity contribution in [3.8, 4) is 5.82 Å². The molecule has 0 bridgehead atoms. The number of aliphatic carboxylic acids is 1. The van der Waals surface area contributed by atoms with Gasteiger partial charge in [0.05, 0.1) is 11.5 Å². The van der Waals surface area contributed by atoms with Crippen LogP contribution >= 0.6 is 0 Å². The van der Waals surface area contributed by atoms with Gasteiger partial charge in [-0.15, -0.1) is 0 Å². The molecule has 0 aromatic carbocycles. The topological polar surface area (TPSA) is 88.3 Å². The van der Waals surface area contributed by atoms with Crippen LogP contribution in [0.15, 0.2) is 37.1 Å². The molecule has 1 N–H and O–H groups in total. The molecule has 1 saturated heterocycles. The van der Waals surface area contributed by atoms with E-state index in [4.69, 9.17) is 0 Å². The Morgan fingerprint density at radius 3 is 2.74 bits per heavy atom. The number of hydrogen-bond donors (Lipinski definition) is 1. The lowest BCUT2D eigenvalue weighted by Crippen LogP contribution is -2.45. The molecule has 1 aliphatic heterocycles. The molecule has 23 heavy (non-hydrogen) atoms. The highest BCUT2D eigenvalue weighted by atomic mass is 16.4. The van der Waals surface area contributed by atoms with Crippen molar-refractivity contribution in [2.45, 2.75) is 13.3 Å². The molecule has 0 aliphatic carbocycles. The largest absolute Gasteiger partial charge is 0.481 e. The van der Waals surface area contributed by atoms with Crippen molar-refractivity contribution in [1.29, 1.82) is 0 Å². The molecule has 0 spiro atoms. The molecule has 7 nitrogen and oxygen atoms in total. The average molecular weight is 314 g/mol. The zero-order chi connectivity index (χ0) is 16.4. The second kappa shape index (κ2) is 6.20. The molecule has 0 saturated carbocycles. The van der Waals surface area contributed by atoms with Gasteiger partial charge in [-0.1, -0.05) is 6.92 Å². The quantitative estimate of drug-likeness (QED) is 0.926.